The third-order valence-corrected chi connectivity index (χ3v) is 4.32. The highest BCUT2D eigenvalue weighted by atomic mass is 16.7. The van der Waals surface area contributed by atoms with Crippen LogP contribution in [-0.4, -0.2) is 69.1 Å². The maximum absolute atomic E-state index is 5.31. The minimum Gasteiger partial charge on any atom is -0.355 e. The van der Waals surface area contributed by atoms with E-state index in [2.05, 4.69) is 9.80 Å². The molecular weight excluding hydrogens is 228 g/mol. The Morgan fingerprint density at radius 2 is 1.72 bits per heavy atom. The van der Waals surface area contributed by atoms with E-state index in [1.807, 2.05) is 0 Å². The van der Waals surface area contributed by atoms with E-state index in [1.54, 1.807) is 14.2 Å². The van der Waals surface area contributed by atoms with Gasteiger partial charge in [-0.25, -0.2) is 0 Å². The van der Waals surface area contributed by atoms with E-state index in [0.29, 0.717) is 0 Å². The lowest BCUT2D eigenvalue weighted by Crippen LogP contribution is -2.51. The van der Waals surface area contributed by atoms with Crippen LogP contribution in [0.15, 0.2) is 0 Å². The molecule has 0 aromatic rings. The Kier molecular flexibility index (Phi) is 5.89. The zero-order valence-electron chi connectivity index (χ0n) is 11.9. The predicted molar refractivity (Wildman–Crippen MR) is 72.7 cm³/mol. The number of nitrogens with zero attached hydrogens (tertiary/aromatic N) is 2. The molecule has 2 aliphatic rings. The monoisotopic (exact) mass is 256 g/mol. The molecule has 18 heavy (non-hydrogen) atoms. The van der Waals surface area contributed by atoms with Gasteiger partial charge in [0.25, 0.3) is 0 Å². The SMILES string of the molecule is COC(CN1CCCC(N2CCCCC2)C1)OC. The van der Waals surface area contributed by atoms with Crippen LogP contribution in [-0.2, 0) is 9.47 Å². The molecule has 2 fully saturated rings. The molecule has 4 nitrogen and oxygen atoms in total. The Hall–Kier alpha value is -0.160. The molecule has 4 heteroatoms. The summed E-state index contributed by atoms with van der Waals surface area (Å²) in [4.78, 5) is 5.20. The van der Waals surface area contributed by atoms with Crippen LogP contribution in [0, 0.1) is 0 Å². The van der Waals surface area contributed by atoms with E-state index in [4.69, 9.17) is 9.47 Å². The van der Waals surface area contributed by atoms with Crippen LogP contribution in [0.25, 0.3) is 0 Å². The van der Waals surface area contributed by atoms with E-state index in [1.165, 1.54) is 58.3 Å². The molecule has 0 spiro atoms. The maximum Gasteiger partial charge on any atom is 0.169 e. The molecule has 0 bridgehead atoms. The normalized spacial score (nSPS) is 27.8. The summed E-state index contributed by atoms with van der Waals surface area (Å²) in [7, 11) is 3.44. The largest absolute Gasteiger partial charge is 0.355 e. The molecule has 2 aliphatic heterocycles. The van der Waals surface area contributed by atoms with Gasteiger partial charge >= 0.3 is 0 Å². The van der Waals surface area contributed by atoms with Gasteiger partial charge in [-0.2, -0.15) is 0 Å². The van der Waals surface area contributed by atoms with Gasteiger partial charge in [0.05, 0.1) is 0 Å². The Balaban J connectivity index is 1.80. The van der Waals surface area contributed by atoms with Gasteiger partial charge in [0.15, 0.2) is 6.29 Å². The first-order valence-electron chi connectivity index (χ1n) is 7.35. The summed E-state index contributed by atoms with van der Waals surface area (Å²) in [6.07, 6.45) is 6.78. The molecule has 0 N–H and O–H groups in total. The quantitative estimate of drug-likeness (QED) is 0.697. The topological polar surface area (TPSA) is 24.9 Å². The number of piperidine rings is 2. The van der Waals surface area contributed by atoms with Crippen molar-refractivity contribution in [2.75, 3.05) is 46.9 Å². The first-order valence-corrected chi connectivity index (χ1v) is 7.35. The molecule has 1 atom stereocenters. The van der Waals surface area contributed by atoms with E-state index in [9.17, 15) is 0 Å². The van der Waals surface area contributed by atoms with Crippen LogP contribution in [0.1, 0.15) is 32.1 Å². The third-order valence-electron chi connectivity index (χ3n) is 4.32. The number of rotatable bonds is 5. The van der Waals surface area contributed by atoms with E-state index in [0.717, 1.165) is 12.6 Å². The highest BCUT2D eigenvalue weighted by molar-refractivity contribution is 4.82. The van der Waals surface area contributed by atoms with Crippen molar-refractivity contribution in [3.05, 3.63) is 0 Å². The summed E-state index contributed by atoms with van der Waals surface area (Å²) in [6.45, 7) is 5.88. The van der Waals surface area contributed by atoms with Crippen molar-refractivity contribution in [3.63, 3.8) is 0 Å². The van der Waals surface area contributed by atoms with Crippen molar-refractivity contribution in [2.45, 2.75) is 44.4 Å². The average molecular weight is 256 g/mol. The molecule has 106 valence electrons. The number of hydrogen-bond acceptors (Lipinski definition) is 4. The lowest BCUT2D eigenvalue weighted by atomic mass is 10.0. The van der Waals surface area contributed by atoms with Crippen LogP contribution < -0.4 is 0 Å². The number of ether oxygens (including phenoxy) is 2. The molecule has 1 unspecified atom stereocenters. The Morgan fingerprint density at radius 1 is 1.00 bits per heavy atom. The first kappa shape index (κ1) is 14.3. The summed E-state index contributed by atoms with van der Waals surface area (Å²) in [6, 6.07) is 0.758. The average Bonchev–Trinajstić information content (AvgIpc) is 2.46. The fourth-order valence-corrected chi connectivity index (χ4v) is 3.23. The van der Waals surface area contributed by atoms with Crippen LogP contribution in [0.2, 0.25) is 0 Å². The Bertz CT molecular complexity index is 228. The molecule has 2 rings (SSSR count). The second-order valence-corrected chi connectivity index (χ2v) is 5.55. The molecule has 0 aromatic heterocycles. The van der Waals surface area contributed by atoms with Crippen molar-refractivity contribution in [2.24, 2.45) is 0 Å². The van der Waals surface area contributed by atoms with Gasteiger partial charge in [-0.1, -0.05) is 6.42 Å². The van der Waals surface area contributed by atoms with Crippen molar-refractivity contribution in [1.82, 2.24) is 9.80 Å². The van der Waals surface area contributed by atoms with Crippen molar-refractivity contribution < 1.29 is 9.47 Å². The molecule has 0 aliphatic carbocycles. The lowest BCUT2D eigenvalue weighted by Gasteiger charge is -2.41. The van der Waals surface area contributed by atoms with Crippen LogP contribution in [0.4, 0.5) is 0 Å². The molecule has 2 heterocycles. The zero-order chi connectivity index (χ0) is 12.8. The van der Waals surface area contributed by atoms with Gasteiger partial charge in [-0.05, 0) is 45.3 Å². The number of methoxy groups -OCH3 is 2. The van der Waals surface area contributed by atoms with Crippen molar-refractivity contribution >= 4 is 0 Å². The summed E-state index contributed by atoms with van der Waals surface area (Å²) < 4.78 is 10.6. The second kappa shape index (κ2) is 7.43. The first-order chi connectivity index (χ1) is 8.83. The van der Waals surface area contributed by atoms with Gasteiger partial charge in [0, 0.05) is 33.4 Å². The Labute approximate surface area is 111 Å². The summed E-state index contributed by atoms with van der Waals surface area (Å²) in [5.74, 6) is 0. The smallest absolute Gasteiger partial charge is 0.169 e. The molecular formula is C14H28N2O2. The predicted octanol–water partition coefficient (Wildman–Crippen LogP) is 1.56. The van der Waals surface area contributed by atoms with Gasteiger partial charge in [0.2, 0.25) is 0 Å². The fraction of sp³-hybridized carbons (Fsp3) is 1.00. The lowest BCUT2D eigenvalue weighted by molar-refractivity contribution is -0.120. The van der Waals surface area contributed by atoms with Crippen LogP contribution in [0.5, 0.6) is 0 Å². The number of hydrogen-bond donors (Lipinski definition) is 0. The molecule has 0 aromatic carbocycles. The second-order valence-electron chi connectivity index (χ2n) is 5.55. The molecule has 0 amide bonds. The van der Waals surface area contributed by atoms with Gasteiger partial charge in [-0.3, -0.25) is 9.80 Å². The van der Waals surface area contributed by atoms with Gasteiger partial charge < -0.3 is 9.47 Å². The minimum absolute atomic E-state index is 0.0786. The summed E-state index contributed by atoms with van der Waals surface area (Å²) >= 11 is 0. The highest BCUT2D eigenvalue weighted by Gasteiger charge is 2.27. The zero-order valence-corrected chi connectivity index (χ0v) is 11.9. The summed E-state index contributed by atoms with van der Waals surface area (Å²) in [5.41, 5.74) is 0. The van der Waals surface area contributed by atoms with Crippen molar-refractivity contribution in [1.29, 1.82) is 0 Å². The number of likely N-dealkylation sites (tertiary alicyclic amines) is 2. The van der Waals surface area contributed by atoms with E-state index in [-0.39, 0.29) is 6.29 Å². The van der Waals surface area contributed by atoms with Gasteiger partial charge in [0.1, 0.15) is 0 Å². The molecule has 0 saturated carbocycles. The fourth-order valence-electron chi connectivity index (χ4n) is 3.23. The van der Waals surface area contributed by atoms with Crippen LogP contribution in [0.3, 0.4) is 0 Å². The van der Waals surface area contributed by atoms with Crippen LogP contribution >= 0.6 is 0 Å². The van der Waals surface area contributed by atoms with Crippen molar-refractivity contribution in [3.8, 4) is 0 Å². The Morgan fingerprint density at radius 3 is 2.39 bits per heavy atom. The standard InChI is InChI=1S/C14H28N2O2/c1-17-14(18-2)12-15-8-6-7-13(11-15)16-9-4-3-5-10-16/h13-14H,3-12H2,1-2H3. The van der Waals surface area contributed by atoms with E-state index >= 15 is 0 Å². The molecule has 0 radical (unpaired) electrons. The van der Waals surface area contributed by atoms with Gasteiger partial charge in [-0.15, -0.1) is 0 Å². The minimum atomic E-state index is -0.0786. The highest BCUT2D eigenvalue weighted by Crippen LogP contribution is 2.20. The third kappa shape index (κ3) is 3.92. The van der Waals surface area contributed by atoms with E-state index < -0.39 is 0 Å². The maximum atomic E-state index is 5.31. The summed E-state index contributed by atoms with van der Waals surface area (Å²) in [5, 5.41) is 0. The molecule has 2 saturated heterocycles.